The van der Waals surface area contributed by atoms with Crippen LogP contribution in [0.25, 0.3) is 0 Å². The fourth-order valence-corrected chi connectivity index (χ4v) is 2.59. The number of methoxy groups -OCH3 is 1. The number of carbonyl (C=O) groups excluding carboxylic acids is 2. The summed E-state index contributed by atoms with van der Waals surface area (Å²) >= 11 is 0. The van der Waals surface area contributed by atoms with Crippen molar-refractivity contribution in [3.8, 4) is 23.0 Å². The van der Waals surface area contributed by atoms with E-state index >= 15 is 0 Å². The molecule has 0 amide bonds. The van der Waals surface area contributed by atoms with Crippen LogP contribution in [0.1, 0.15) is 47.4 Å². The standard InChI is InChI=1S/C21H24O6/c1-4-26-20-12-14(6-8-18(20)24)16(22)9-10-17(23)15-7-11-19(25-3)21(13-15)27-5-2/h6-8,11-13,24H,4-5,9-10H2,1-3H3. The Labute approximate surface area is 158 Å². The van der Waals surface area contributed by atoms with Gasteiger partial charge in [-0.25, -0.2) is 0 Å². The molecule has 0 aromatic heterocycles. The lowest BCUT2D eigenvalue weighted by atomic mass is 10.0. The van der Waals surface area contributed by atoms with Gasteiger partial charge in [0.1, 0.15) is 0 Å². The van der Waals surface area contributed by atoms with E-state index in [-0.39, 0.29) is 35.9 Å². The molecule has 27 heavy (non-hydrogen) atoms. The van der Waals surface area contributed by atoms with Crippen LogP contribution in [0.15, 0.2) is 36.4 Å². The molecule has 1 N–H and O–H groups in total. The number of hydrogen-bond acceptors (Lipinski definition) is 6. The molecular weight excluding hydrogens is 348 g/mol. The van der Waals surface area contributed by atoms with Crippen molar-refractivity contribution in [3.05, 3.63) is 47.5 Å². The van der Waals surface area contributed by atoms with Gasteiger partial charge in [-0.2, -0.15) is 0 Å². The molecule has 0 aliphatic carbocycles. The lowest BCUT2D eigenvalue weighted by Crippen LogP contribution is -2.06. The van der Waals surface area contributed by atoms with E-state index in [0.717, 1.165) is 0 Å². The highest BCUT2D eigenvalue weighted by atomic mass is 16.5. The highest BCUT2D eigenvalue weighted by Crippen LogP contribution is 2.29. The number of benzene rings is 2. The molecule has 6 heteroatoms. The molecule has 0 aliphatic heterocycles. The molecule has 0 radical (unpaired) electrons. The van der Waals surface area contributed by atoms with Crippen LogP contribution in [0, 0.1) is 0 Å². The predicted octanol–water partition coefficient (Wildman–Crippen LogP) is 4.04. The Morgan fingerprint density at radius 3 is 1.89 bits per heavy atom. The number of carbonyl (C=O) groups is 2. The van der Waals surface area contributed by atoms with Gasteiger partial charge in [0.05, 0.1) is 20.3 Å². The maximum absolute atomic E-state index is 12.4. The first-order chi connectivity index (χ1) is 13.0. The molecule has 2 rings (SSSR count). The van der Waals surface area contributed by atoms with E-state index < -0.39 is 0 Å². The molecule has 0 spiro atoms. The molecule has 0 heterocycles. The van der Waals surface area contributed by atoms with Crippen molar-refractivity contribution < 1.29 is 28.9 Å². The van der Waals surface area contributed by atoms with Crippen molar-refractivity contribution in [2.75, 3.05) is 20.3 Å². The van der Waals surface area contributed by atoms with Crippen molar-refractivity contribution in [2.45, 2.75) is 26.7 Å². The van der Waals surface area contributed by atoms with Crippen LogP contribution in [0.3, 0.4) is 0 Å². The number of phenols is 1. The number of ketones is 2. The van der Waals surface area contributed by atoms with E-state index in [0.29, 0.717) is 35.8 Å². The van der Waals surface area contributed by atoms with E-state index in [1.807, 2.05) is 6.92 Å². The quantitative estimate of drug-likeness (QED) is 0.634. The summed E-state index contributed by atoms with van der Waals surface area (Å²) in [5, 5.41) is 9.71. The maximum atomic E-state index is 12.4. The smallest absolute Gasteiger partial charge is 0.163 e. The molecule has 6 nitrogen and oxygen atoms in total. The minimum absolute atomic E-state index is 0.0221. The third kappa shape index (κ3) is 5.23. The summed E-state index contributed by atoms with van der Waals surface area (Å²) in [6.45, 7) is 4.47. The minimum atomic E-state index is -0.192. The van der Waals surface area contributed by atoms with Gasteiger partial charge in [-0.15, -0.1) is 0 Å². The summed E-state index contributed by atoms with van der Waals surface area (Å²) in [4.78, 5) is 24.8. The van der Waals surface area contributed by atoms with Gasteiger partial charge in [0.2, 0.25) is 0 Å². The average molecular weight is 372 g/mol. The van der Waals surface area contributed by atoms with Crippen molar-refractivity contribution in [3.63, 3.8) is 0 Å². The lowest BCUT2D eigenvalue weighted by molar-refractivity contribution is 0.0917. The number of phenolic OH excluding ortho intramolecular Hbond substituents is 1. The van der Waals surface area contributed by atoms with Gasteiger partial charge in [-0.3, -0.25) is 9.59 Å². The Bertz CT molecular complexity index is 812. The van der Waals surface area contributed by atoms with Crippen LogP contribution >= 0.6 is 0 Å². The molecule has 2 aromatic rings. The van der Waals surface area contributed by atoms with Gasteiger partial charge in [0.25, 0.3) is 0 Å². The molecule has 0 saturated heterocycles. The average Bonchev–Trinajstić information content (AvgIpc) is 2.68. The Morgan fingerprint density at radius 1 is 0.815 bits per heavy atom. The van der Waals surface area contributed by atoms with Gasteiger partial charge in [0, 0.05) is 24.0 Å². The summed E-state index contributed by atoms with van der Waals surface area (Å²) < 4.78 is 16.0. The predicted molar refractivity (Wildman–Crippen MR) is 101 cm³/mol. The Hall–Kier alpha value is -3.02. The van der Waals surface area contributed by atoms with Crippen molar-refractivity contribution in [1.29, 1.82) is 0 Å². The summed E-state index contributed by atoms with van der Waals surface area (Å²) in [6, 6.07) is 9.38. The second-order valence-electron chi connectivity index (χ2n) is 5.76. The first kappa shape index (κ1) is 20.3. The second-order valence-corrected chi connectivity index (χ2v) is 5.76. The normalized spacial score (nSPS) is 10.3. The molecule has 2 aromatic carbocycles. The van der Waals surface area contributed by atoms with E-state index in [1.54, 1.807) is 25.1 Å². The lowest BCUT2D eigenvalue weighted by Gasteiger charge is -2.11. The van der Waals surface area contributed by atoms with Gasteiger partial charge in [0.15, 0.2) is 34.6 Å². The molecular formula is C21H24O6. The fourth-order valence-electron chi connectivity index (χ4n) is 2.59. The number of hydrogen-bond donors (Lipinski definition) is 1. The van der Waals surface area contributed by atoms with Gasteiger partial charge in [-0.1, -0.05) is 0 Å². The van der Waals surface area contributed by atoms with Gasteiger partial charge < -0.3 is 19.3 Å². The van der Waals surface area contributed by atoms with Crippen LogP contribution in [-0.2, 0) is 0 Å². The highest BCUT2D eigenvalue weighted by molar-refractivity contribution is 6.02. The van der Waals surface area contributed by atoms with E-state index in [1.165, 1.54) is 25.3 Å². The Kier molecular flexibility index (Phi) is 7.23. The molecule has 0 fully saturated rings. The first-order valence-electron chi connectivity index (χ1n) is 8.83. The fraction of sp³-hybridized carbons (Fsp3) is 0.333. The molecule has 0 aliphatic rings. The van der Waals surface area contributed by atoms with Crippen LogP contribution in [0.4, 0.5) is 0 Å². The number of Topliss-reactive ketones (excluding diaryl/α,β-unsaturated/α-hetero) is 2. The number of ether oxygens (including phenoxy) is 3. The zero-order valence-electron chi connectivity index (χ0n) is 15.8. The highest BCUT2D eigenvalue weighted by Gasteiger charge is 2.15. The van der Waals surface area contributed by atoms with Gasteiger partial charge in [-0.05, 0) is 50.2 Å². The molecule has 0 atom stereocenters. The van der Waals surface area contributed by atoms with Crippen molar-refractivity contribution in [2.24, 2.45) is 0 Å². The van der Waals surface area contributed by atoms with Gasteiger partial charge >= 0.3 is 0 Å². The topological polar surface area (TPSA) is 82.1 Å². The summed E-state index contributed by atoms with van der Waals surface area (Å²) in [7, 11) is 1.53. The first-order valence-corrected chi connectivity index (χ1v) is 8.83. The number of rotatable bonds is 10. The molecule has 144 valence electrons. The molecule has 0 saturated carbocycles. The summed E-state index contributed by atoms with van der Waals surface area (Å²) in [5.41, 5.74) is 0.863. The van der Waals surface area contributed by atoms with E-state index in [4.69, 9.17) is 14.2 Å². The molecule has 0 bridgehead atoms. The largest absolute Gasteiger partial charge is 0.504 e. The van der Waals surface area contributed by atoms with Crippen LogP contribution in [0.2, 0.25) is 0 Å². The Morgan fingerprint density at radius 2 is 1.33 bits per heavy atom. The van der Waals surface area contributed by atoms with E-state index in [2.05, 4.69) is 0 Å². The van der Waals surface area contributed by atoms with Crippen LogP contribution < -0.4 is 14.2 Å². The molecule has 0 unspecified atom stereocenters. The third-order valence-electron chi connectivity index (χ3n) is 3.95. The zero-order valence-corrected chi connectivity index (χ0v) is 15.8. The zero-order chi connectivity index (χ0) is 19.8. The monoisotopic (exact) mass is 372 g/mol. The second kappa shape index (κ2) is 9.62. The van der Waals surface area contributed by atoms with Crippen molar-refractivity contribution >= 4 is 11.6 Å². The number of aromatic hydroxyl groups is 1. The third-order valence-corrected chi connectivity index (χ3v) is 3.95. The van der Waals surface area contributed by atoms with Crippen molar-refractivity contribution in [1.82, 2.24) is 0 Å². The summed E-state index contributed by atoms with van der Waals surface area (Å²) in [6.07, 6.45) is 0.132. The SMILES string of the molecule is CCOc1cc(C(=O)CCC(=O)c2ccc(OC)c(OCC)c2)ccc1O. The van der Waals surface area contributed by atoms with Crippen LogP contribution in [0.5, 0.6) is 23.0 Å². The summed E-state index contributed by atoms with van der Waals surface area (Å²) in [5.74, 6) is 0.935. The van der Waals surface area contributed by atoms with E-state index in [9.17, 15) is 14.7 Å². The Balaban J connectivity index is 2.05. The van der Waals surface area contributed by atoms with Crippen LogP contribution in [-0.4, -0.2) is 37.0 Å². The maximum Gasteiger partial charge on any atom is 0.163 e. The minimum Gasteiger partial charge on any atom is -0.504 e.